The van der Waals surface area contributed by atoms with Gasteiger partial charge in [0, 0.05) is 0 Å². The van der Waals surface area contributed by atoms with Gasteiger partial charge < -0.3 is 5.32 Å². The minimum Gasteiger partial charge on any atom is -0.346 e. The van der Waals surface area contributed by atoms with E-state index in [4.69, 9.17) is 0 Å². The average Bonchev–Trinajstić information content (AvgIpc) is 2.79. The molecule has 0 unspecified atom stereocenters. The molecule has 1 aliphatic heterocycles. The Morgan fingerprint density at radius 2 is 1.86 bits per heavy atom. The van der Waals surface area contributed by atoms with Crippen LogP contribution >= 0.6 is 0 Å². The molecule has 5 heteroatoms. The number of carbonyl (C=O) groups excluding carboxylic acids is 1. The van der Waals surface area contributed by atoms with Crippen LogP contribution in [0.3, 0.4) is 0 Å². The van der Waals surface area contributed by atoms with Crippen LogP contribution < -0.4 is 5.32 Å². The molecule has 1 aliphatic rings. The Labute approximate surface area is 121 Å². The average molecular weight is 288 g/mol. The van der Waals surface area contributed by atoms with Crippen LogP contribution in [0.25, 0.3) is 11.3 Å². The Morgan fingerprint density at radius 1 is 1.19 bits per heavy atom. The Hall–Kier alpha value is -2.30. The fourth-order valence-electron chi connectivity index (χ4n) is 2.59. The molecule has 0 saturated heterocycles. The van der Waals surface area contributed by atoms with Crippen LogP contribution in [0.5, 0.6) is 0 Å². The second-order valence-corrected chi connectivity index (χ2v) is 5.35. The number of amides is 1. The van der Waals surface area contributed by atoms with Crippen LogP contribution in [0, 0.1) is 11.6 Å². The highest BCUT2D eigenvalue weighted by molar-refractivity contribution is 5.99. The second kappa shape index (κ2) is 4.91. The molecular weight excluding hydrogens is 274 g/mol. The molecule has 1 aromatic carbocycles. The molecule has 1 N–H and O–H groups in total. The Bertz CT molecular complexity index is 721. The number of rotatable bonds is 2. The minimum absolute atomic E-state index is 0.0548. The van der Waals surface area contributed by atoms with Crippen molar-refractivity contribution in [2.45, 2.75) is 26.3 Å². The monoisotopic (exact) mass is 288 g/mol. The van der Waals surface area contributed by atoms with E-state index >= 15 is 0 Å². The number of fused-ring (bicyclic) bond motifs is 1. The van der Waals surface area contributed by atoms with E-state index in [1.807, 2.05) is 13.8 Å². The third-order valence-corrected chi connectivity index (χ3v) is 3.61. The van der Waals surface area contributed by atoms with E-state index in [0.29, 0.717) is 11.3 Å². The molecule has 21 heavy (non-hydrogen) atoms. The quantitative estimate of drug-likeness (QED) is 0.920. The smallest absolute Gasteiger partial charge is 0.253 e. The van der Waals surface area contributed by atoms with Gasteiger partial charge in [-0.1, -0.05) is 19.9 Å². The fourth-order valence-corrected chi connectivity index (χ4v) is 2.59. The Kier molecular flexibility index (Phi) is 3.20. The zero-order valence-electron chi connectivity index (χ0n) is 11.7. The first-order valence-corrected chi connectivity index (χ1v) is 6.75. The Balaban J connectivity index is 2.27. The molecule has 0 atom stereocenters. The van der Waals surface area contributed by atoms with E-state index < -0.39 is 11.6 Å². The number of hydrogen-bond donors (Lipinski definition) is 1. The number of aromatic nitrogens is 1. The first-order valence-electron chi connectivity index (χ1n) is 6.75. The van der Waals surface area contributed by atoms with Gasteiger partial charge in [-0.15, -0.1) is 0 Å². The summed E-state index contributed by atoms with van der Waals surface area (Å²) in [5.41, 5.74) is 1.91. The van der Waals surface area contributed by atoms with Crippen LogP contribution in [-0.4, -0.2) is 10.9 Å². The zero-order chi connectivity index (χ0) is 15.1. The second-order valence-electron chi connectivity index (χ2n) is 5.35. The topological polar surface area (TPSA) is 42.0 Å². The van der Waals surface area contributed by atoms with Gasteiger partial charge in [-0.05, 0) is 29.7 Å². The van der Waals surface area contributed by atoms with Gasteiger partial charge >= 0.3 is 0 Å². The third-order valence-electron chi connectivity index (χ3n) is 3.61. The predicted molar refractivity (Wildman–Crippen MR) is 74.8 cm³/mol. The maximum Gasteiger partial charge on any atom is 0.253 e. The summed E-state index contributed by atoms with van der Waals surface area (Å²) in [6.07, 6.45) is 0. The van der Waals surface area contributed by atoms with Crippen LogP contribution in [0.15, 0.2) is 24.3 Å². The molecule has 108 valence electrons. The summed E-state index contributed by atoms with van der Waals surface area (Å²) in [6.45, 7) is 4.16. The van der Waals surface area contributed by atoms with Crippen LogP contribution in [0.2, 0.25) is 0 Å². The summed E-state index contributed by atoms with van der Waals surface area (Å²) in [4.78, 5) is 16.1. The molecule has 0 fully saturated rings. The molecule has 0 radical (unpaired) electrons. The fraction of sp³-hybridized carbons (Fsp3) is 0.250. The highest BCUT2D eigenvalue weighted by Gasteiger charge is 2.27. The number of benzene rings is 1. The van der Waals surface area contributed by atoms with E-state index in [1.165, 1.54) is 18.2 Å². The number of hydrogen-bond acceptors (Lipinski definition) is 2. The van der Waals surface area contributed by atoms with E-state index in [0.717, 1.165) is 5.56 Å². The molecule has 0 saturated carbocycles. The standard InChI is InChI=1S/C16H14F2N2O/c1-8(2)9-6-12(15-10(17)4-3-5-11(15)18)20-13-7-19-16(21)14(9)13/h3-6,8H,7H2,1-2H3,(H,19,21). The van der Waals surface area contributed by atoms with E-state index in [-0.39, 0.29) is 29.6 Å². The van der Waals surface area contributed by atoms with Crippen molar-refractivity contribution in [3.05, 3.63) is 52.7 Å². The molecule has 0 aliphatic carbocycles. The first kappa shape index (κ1) is 13.7. The zero-order valence-corrected chi connectivity index (χ0v) is 11.7. The van der Waals surface area contributed by atoms with Gasteiger partial charge in [-0.2, -0.15) is 0 Å². The molecular formula is C16H14F2N2O. The Morgan fingerprint density at radius 3 is 2.48 bits per heavy atom. The summed E-state index contributed by atoms with van der Waals surface area (Å²) in [6, 6.07) is 5.32. The van der Waals surface area contributed by atoms with Crippen molar-refractivity contribution in [1.29, 1.82) is 0 Å². The van der Waals surface area contributed by atoms with Crippen molar-refractivity contribution in [2.75, 3.05) is 0 Å². The first-order chi connectivity index (χ1) is 9.99. The molecule has 3 nitrogen and oxygen atoms in total. The minimum atomic E-state index is -0.658. The van der Waals surface area contributed by atoms with E-state index in [2.05, 4.69) is 10.3 Å². The molecule has 2 aromatic rings. The number of halogens is 2. The summed E-state index contributed by atoms with van der Waals surface area (Å²) in [7, 11) is 0. The van der Waals surface area contributed by atoms with Crippen molar-refractivity contribution in [2.24, 2.45) is 0 Å². The summed E-state index contributed by atoms with van der Waals surface area (Å²) < 4.78 is 27.9. The number of pyridine rings is 1. The predicted octanol–water partition coefficient (Wildman–Crippen LogP) is 3.39. The van der Waals surface area contributed by atoms with Gasteiger partial charge in [-0.3, -0.25) is 4.79 Å². The molecule has 2 heterocycles. The van der Waals surface area contributed by atoms with E-state index in [1.54, 1.807) is 6.07 Å². The molecule has 3 rings (SSSR count). The van der Waals surface area contributed by atoms with Crippen molar-refractivity contribution < 1.29 is 13.6 Å². The van der Waals surface area contributed by atoms with Gasteiger partial charge in [0.05, 0.1) is 29.1 Å². The van der Waals surface area contributed by atoms with Crippen molar-refractivity contribution in [1.82, 2.24) is 10.3 Å². The van der Waals surface area contributed by atoms with Gasteiger partial charge in [-0.25, -0.2) is 13.8 Å². The normalized spacial score (nSPS) is 13.5. The molecule has 0 bridgehead atoms. The SMILES string of the molecule is CC(C)c1cc(-c2c(F)cccc2F)nc2c1C(=O)NC2. The lowest BCUT2D eigenvalue weighted by Gasteiger charge is -2.13. The maximum atomic E-state index is 13.9. The van der Waals surface area contributed by atoms with E-state index in [9.17, 15) is 13.6 Å². The van der Waals surface area contributed by atoms with Crippen LogP contribution in [-0.2, 0) is 6.54 Å². The molecule has 1 amide bonds. The summed E-state index contributed by atoms with van der Waals surface area (Å²) in [5, 5.41) is 2.70. The third kappa shape index (κ3) is 2.18. The van der Waals surface area contributed by atoms with Crippen LogP contribution in [0.1, 0.15) is 41.4 Å². The van der Waals surface area contributed by atoms with Gasteiger partial charge in [0.15, 0.2) is 0 Å². The van der Waals surface area contributed by atoms with Gasteiger partial charge in [0.25, 0.3) is 5.91 Å². The lowest BCUT2D eigenvalue weighted by atomic mass is 9.94. The van der Waals surface area contributed by atoms with Gasteiger partial charge in [0.1, 0.15) is 11.6 Å². The van der Waals surface area contributed by atoms with Crippen molar-refractivity contribution in [3.8, 4) is 11.3 Å². The largest absolute Gasteiger partial charge is 0.346 e. The van der Waals surface area contributed by atoms with Crippen molar-refractivity contribution in [3.63, 3.8) is 0 Å². The number of nitrogens with zero attached hydrogens (tertiary/aromatic N) is 1. The van der Waals surface area contributed by atoms with Gasteiger partial charge in [0.2, 0.25) is 0 Å². The summed E-state index contributed by atoms with van der Waals surface area (Å²) in [5.74, 6) is -1.44. The summed E-state index contributed by atoms with van der Waals surface area (Å²) >= 11 is 0. The maximum absolute atomic E-state index is 13.9. The number of carbonyl (C=O) groups is 1. The number of nitrogens with one attached hydrogen (secondary N) is 1. The molecule has 0 spiro atoms. The lowest BCUT2D eigenvalue weighted by molar-refractivity contribution is 0.0964. The van der Waals surface area contributed by atoms with Crippen LogP contribution in [0.4, 0.5) is 8.78 Å². The van der Waals surface area contributed by atoms with Crippen molar-refractivity contribution >= 4 is 5.91 Å². The molecule has 1 aromatic heterocycles. The highest BCUT2D eigenvalue weighted by Crippen LogP contribution is 2.32. The highest BCUT2D eigenvalue weighted by atomic mass is 19.1. The lowest BCUT2D eigenvalue weighted by Crippen LogP contribution is -2.14.